The van der Waals surface area contributed by atoms with E-state index in [0.29, 0.717) is 32.2 Å². The monoisotopic (exact) mass is 345 g/mol. The summed E-state index contributed by atoms with van der Waals surface area (Å²) >= 11 is 0. The molecule has 0 atom stereocenters. The number of carbonyl (C=O) groups excluding carboxylic acids is 2. The zero-order chi connectivity index (χ0) is 18.0. The van der Waals surface area contributed by atoms with E-state index in [0.717, 1.165) is 11.3 Å². The van der Waals surface area contributed by atoms with Crippen molar-refractivity contribution >= 4 is 11.7 Å². The second-order valence-corrected chi connectivity index (χ2v) is 5.46. The fraction of sp³-hybridized carbons (Fsp3) is 0.529. The first-order valence-corrected chi connectivity index (χ1v) is 7.82. The van der Waals surface area contributed by atoms with Crippen molar-refractivity contribution in [3.63, 3.8) is 0 Å². The molecule has 0 aliphatic rings. The summed E-state index contributed by atoms with van der Waals surface area (Å²) in [5.41, 5.74) is 0.924. The van der Waals surface area contributed by atoms with Gasteiger partial charge in [0.15, 0.2) is 0 Å². The van der Waals surface area contributed by atoms with E-state index in [2.05, 4.69) is 5.32 Å². The second kappa shape index (κ2) is 9.95. The van der Waals surface area contributed by atoms with Crippen molar-refractivity contribution in [2.45, 2.75) is 51.2 Å². The van der Waals surface area contributed by atoms with Crippen molar-refractivity contribution in [1.29, 1.82) is 0 Å². The highest BCUT2D eigenvalue weighted by atomic mass is 19.4. The van der Waals surface area contributed by atoms with Crippen molar-refractivity contribution in [3.05, 3.63) is 29.8 Å². The molecule has 134 valence electrons. The van der Waals surface area contributed by atoms with Crippen molar-refractivity contribution in [1.82, 2.24) is 5.32 Å². The van der Waals surface area contributed by atoms with E-state index >= 15 is 0 Å². The highest BCUT2D eigenvalue weighted by molar-refractivity contribution is 5.83. The minimum absolute atomic E-state index is 0.107. The van der Waals surface area contributed by atoms with E-state index < -0.39 is 18.4 Å². The average Bonchev–Trinajstić information content (AvgIpc) is 2.55. The van der Waals surface area contributed by atoms with Crippen LogP contribution in [-0.2, 0) is 16.1 Å². The molecule has 0 unspecified atom stereocenters. The minimum Gasteiger partial charge on any atom is -0.497 e. The standard InChI is InChI=1S/C17H22F3NO3/c1-24-14-8-6-7-13(11-14)12-21-16(23)10-5-3-2-4-9-15(22)17(18,19)20/h6-8,11H,2-5,9-10,12H2,1H3,(H,21,23). The van der Waals surface area contributed by atoms with E-state index in [9.17, 15) is 22.8 Å². The fourth-order valence-corrected chi connectivity index (χ4v) is 2.14. The van der Waals surface area contributed by atoms with Gasteiger partial charge in [-0.05, 0) is 30.5 Å². The molecule has 0 radical (unpaired) electrons. The van der Waals surface area contributed by atoms with Crippen LogP contribution < -0.4 is 10.1 Å². The number of rotatable bonds is 10. The van der Waals surface area contributed by atoms with Gasteiger partial charge in [0, 0.05) is 19.4 Å². The molecule has 0 aromatic heterocycles. The summed E-state index contributed by atoms with van der Waals surface area (Å²) in [5.74, 6) is -1.07. The van der Waals surface area contributed by atoms with Crippen LogP contribution in [0.2, 0.25) is 0 Å². The van der Waals surface area contributed by atoms with Crippen LogP contribution in [0.3, 0.4) is 0 Å². The molecule has 1 aromatic carbocycles. The third-order valence-corrected chi connectivity index (χ3v) is 3.50. The Balaban J connectivity index is 2.11. The van der Waals surface area contributed by atoms with E-state index in [1.165, 1.54) is 0 Å². The first-order chi connectivity index (χ1) is 11.3. The third-order valence-electron chi connectivity index (χ3n) is 3.50. The number of amides is 1. The lowest BCUT2D eigenvalue weighted by Crippen LogP contribution is -2.22. The number of unbranched alkanes of at least 4 members (excludes halogenated alkanes) is 3. The number of ether oxygens (including phenoxy) is 1. The number of Topliss-reactive ketones (excluding diaryl/α,β-unsaturated/α-hetero) is 1. The quantitative estimate of drug-likeness (QED) is 0.657. The van der Waals surface area contributed by atoms with Crippen LogP contribution in [0.5, 0.6) is 5.75 Å². The van der Waals surface area contributed by atoms with E-state index in [-0.39, 0.29) is 12.3 Å². The number of benzene rings is 1. The molecule has 1 N–H and O–H groups in total. The number of hydrogen-bond acceptors (Lipinski definition) is 3. The first-order valence-electron chi connectivity index (χ1n) is 7.82. The molecule has 0 bridgehead atoms. The maximum atomic E-state index is 12.0. The van der Waals surface area contributed by atoms with Gasteiger partial charge in [-0.3, -0.25) is 9.59 Å². The van der Waals surface area contributed by atoms with E-state index in [4.69, 9.17) is 4.74 Å². The Hall–Kier alpha value is -2.05. The van der Waals surface area contributed by atoms with Gasteiger partial charge < -0.3 is 10.1 Å². The smallest absolute Gasteiger partial charge is 0.449 e. The number of carbonyl (C=O) groups is 2. The largest absolute Gasteiger partial charge is 0.497 e. The van der Waals surface area contributed by atoms with Crippen LogP contribution in [0.1, 0.15) is 44.1 Å². The van der Waals surface area contributed by atoms with Gasteiger partial charge in [-0.1, -0.05) is 25.0 Å². The summed E-state index contributed by atoms with van der Waals surface area (Å²) in [6, 6.07) is 7.36. The Morgan fingerprint density at radius 2 is 1.75 bits per heavy atom. The normalized spacial score (nSPS) is 11.2. The predicted octanol–water partition coefficient (Wildman–Crippen LogP) is 3.78. The van der Waals surface area contributed by atoms with Gasteiger partial charge in [0.1, 0.15) is 5.75 Å². The summed E-state index contributed by atoms with van der Waals surface area (Å²) in [6.07, 6.45) is -2.99. The van der Waals surface area contributed by atoms with Crippen molar-refractivity contribution < 1.29 is 27.5 Å². The van der Waals surface area contributed by atoms with Crippen LogP contribution in [0, 0.1) is 0 Å². The summed E-state index contributed by atoms with van der Waals surface area (Å²) in [5, 5.41) is 2.78. The molecule has 7 heteroatoms. The molecule has 0 saturated carbocycles. The van der Waals surface area contributed by atoms with Gasteiger partial charge in [0.2, 0.25) is 11.7 Å². The van der Waals surface area contributed by atoms with Gasteiger partial charge in [-0.25, -0.2) is 0 Å². The topological polar surface area (TPSA) is 55.4 Å². The number of nitrogens with one attached hydrogen (secondary N) is 1. The minimum atomic E-state index is -4.74. The molecule has 0 fully saturated rings. The van der Waals surface area contributed by atoms with Crippen LogP contribution in [0.25, 0.3) is 0 Å². The van der Waals surface area contributed by atoms with Crippen molar-refractivity contribution in [2.75, 3.05) is 7.11 Å². The predicted molar refractivity (Wildman–Crippen MR) is 83.6 cm³/mol. The zero-order valence-corrected chi connectivity index (χ0v) is 13.6. The summed E-state index contributed by atoms with van der Waals surface area (Å²) in [6.45, 7) is 0.399. The Kier molecular flexibility index (Phi) is 8.29. The second-order valence-electron chi connectivity index (χ2n) is 5.46. The molecule has 1 aromatic rings. The lowest BCUT2D eigenvalue weighted by atomic mass is 10.1. The van der Waals surface area contributed by atoms with Crippen LogP contribution >= 0.6 is 0 Å². The summed E-state index contributed by atoms with van der Waals surface area (Å²) in [7, 11) is 1.57. The fourth-order valence-electron chi connectivity index (χ4n) is 2.14. The lowest BCUT2D eigenvalue weighted by Gasteiger charge is -2.07. The Bertz CT molecular complexity index is 544. The molecule has 24 heavy (non-hydrogen) atoms. The third kappa shape index (κ3) is 7.99. The number of ketones is 1. The molecule has 1 rings (SSSR count). The molecular weight excluding hydrogens is 323 g/mol. The van der Waals surface area contributed by atoms with Gasteiger partial charge in [-0.2, -0.15) is 13.2 Å². The van der Waals surface area contributed by atoms with Crippen molar-refractivity contribution in [3.8, 4) is 5.75 Å². The molecule has 0 aliphatic heterocycles. The van der Waals surface area contributed by atoms with Gasteiger partial charge in [0.05, 0.1) is 7.11 Å². The number of alkyl halides is 3. The summed E-state index contributed by atoms with van der Waals surface area (Å²) in [4.78, 5) is 22.4. The van der Waals surface area contributed by atoms with Crippen LogP contribution in [-0.4, -0.2) is 25.0 Å². The highest BCUT2D eigenvalue weighted by Gasteiger charge is 2.36. The SMILES string of the molecule is COc1cccc(CNC(=O)CCCCCCC(=O)C(F)(F)F)c1. The number of halogens is 3. The Morgan fingerprint density at radius 1 is 1.08 bits per heavy atom. The Morgan fingerprint density at radius 3 is 2.38 bits per heavy atom. The van der Waals surface area contributed by atoms with Gasteiger partial charge in [0.25, 0.3) is 0 Å². The van der Waals surface area contributed by atoms with Gasteiger partial charge in [-0.15, -0.1) is 0 Å². The molecule has 0 saturated heterocycles. The van der Waals surface area contributed by atoms with E-state index in [1.807, 2.05) is 24.3 Å². The summed E-state index contributed by atoms with van der Waals surface area (Å²) < 4.78 is 41.1. The molecular formula is C17H22F3NO3. The van der Waals surface area contributed by atoms with Crippen molar-refractivity contribution in [2.24, 2.45) is 0 Å². The van der Waals surface area contributed by atoms with Gasteiger partial charge >= 0.3 is 6.18 Å². The van der Waals surface area contributed by atoms with Crippen LogP contribution in [0.4, 0.5) is 13.2 Å². The lowest BCUT2D eigenvalue weighted by molar-refractivity contribution is -0.171. The number of hydrogen-bond donors (Lipinski definition) is 1. The molecule has 0 spiro atoms. The Labute approximate surface area is 139 Å². The molecule has 1 amide bonds. The maximum Gasteiger partial charge on any atom is 0.449 e. The zero-order valence-electron chi connectivity index (χ0n) is 13.6. The molecule has 0 aliphatic carbocycles. The van der Waals surface area contributed by atoms with E-state index in [1.54, 1.807) is 7.11 Å². The first kappa shape index (κ1) is 20.0. The highest BCUT2D eigenvalue weighted by Crippen LogP contribution is 2.19. The molecule has 4 nitrogen and oxygen atoms in total. The number of methoxy groups -OCH3 is 1. The average molecular weight is 345 g/mol. The van der Waals surface area contributed by atoms with Crippen LogP contribution in [0.15, 0.2) is 24.3 Å². The molecule has 0 heterocycles. The maximum absolute atomic E-state index is 12.0.